The van der Waals surface area contributed by atoms with Gasteiger partial charge in [0.05, 0.1) is 18.1 Å². The molecule has 1 aliphatic heterocycles. The second-order valence-corrected chi connectivity index (χ2v) is 9.34. The van der Waals surface area contributed by atoms with Crippen LogP contribution in [0.15, 0.2) is 23.1 Å². The van der Waals surface area contributed by atoms with Crippen LogP contribution in [0.2, 0.25) is 0 Å². The molecule has 2 aliphatic rings. The molecular formula is C24H34N4O4. The second kappa shape index (κ2) is 9.58. The molecule has 0 radical (unpaired) electrons. The van der Waals surface area contributed by atoms with E-state index in [4.69, 9.17) is 4.74 Å². The first-order valence-corrected chi connectivity index (χ1v) is 11.7. The molecule has 0 aromatic carbocycles. The number of fused-ring (bicyclic) bond motifs is 1. The smallest absolute Gasteiger partial charge is 0.268 e. The molecule has 1 saturated carbocycles. The Morgan fingerprint density at radius 3 is 2.72 bits per heavy atom. The number of nitrogens with zero attached hydrogens (tertiary/aromatic N) is 3. The summed E-state index contributed by atoms with van der Waals surface area (Å²) in [5.74, 6) is -0.130. The van der Waals surface area contributed by atoms with Gasteiger partial charge >= 0.3 is 0 Å². The van der Waals surface area contributed by atoms with Gasteiger partial charge in [0.25, 0.3) is 11.5 Å². The maximum Gasteiger partial charge on any atom is 0.268 e. The summed E-state index contributed by atoms with van der Waals surface area (Å²) in [6, 6.07) is 3.66. The Balaban J connectivity index is 1.63. The van der Waals surface area contributed by atoms with Crippen molar-refractivity contribution in [3.8, 4) is 5.75 Å². The van der Waals surface area contributed by atoms with E-state index >= 15 is 0 Å². The van der Waals surface area contributed by atoms with Crippen molar-refractivity contribution in [2.75, 3.05) is 19.7 Å². The molecular weight excluding hydrogens is 408 g/mol. The number of ether oxygens (including phenoxy) is 1. The molecule has 1 aliphatic carbocycles. The molecule has 2 aromatic heterocycles. The Morgan fingerprint density at radius 1 is 1.22 bits per heavy atom. The van der Waals surface area contributed by atoms with Crippen LogP contribution in [0.25, 0.3) is 11.0 Å². The number of hydrogen-bond acceptors (Lipinski definition) is 6. The van der Waals surface area contributed by atoms with E-state index in [1.54, 1.807) is 18.3 Å². The fourth-order valence-electron chi connectivity index (χ4n) is 4.88. The number of nitrogens with one attached hydrogen (secondary N) is 1. The summed E-state index contributed by atoms with van der Waals surface area (Å²) in [4.78, 5) is 33.2. The molecule has 0 unspecified atom stereocenters. The van der Waals surface area contributed by atoms with Crippen LogP contribution < -0.4 is 10.9 Å². The highest BCUT2D eigenvalue weighted by Crippen LogP contribution is 2.27. The van der Waals surface area contributed by atoms with Crippen molar-refractivity contribution < 1.29 is 14.6 Å². The molecule has 3 heterocycles. The third-order valence-corrected chi connectivity index (χ3v) is 7.20. The Bertz CT molecular complexity index is 1030. The Labute approximate surface area is 188 Å². The van der Waals surface area contributed by atoms with Gasteiger partial charge in [0.15, 0.2) is 0 Å². The minimum atomic E-state index is -0.500. The molecule has 8 heteroatoms. The quantitative estimate of drug-likeness (QED) is 0.739. The average Bonchev–Trinajstić information content (AvgIpc) is 2.78. The van der Waals surface area contributed by atoms with E-state index in [1.807, 2.05) is 0 Å². The van der Waals surface area contributed by atoms with Crippen molar-refractivity contribution in [3.63, 3.8) is 0 Å². The van der Waals surface area contributed by atoms with E-state index in [2.05, 4.69) is 36.0 Å². The first kappa shape index (κ1) is 22.7. The fourth-order valence-corrected chi connectivity index (χ4v) is 4.88. The number of amides is 1. The minimum Gasteiger partial charge on any atom is -0.506 e. The molecule has 4 rings (SSSR count). The predicted molar refractivity (Wildman–Crippen MR) is 123 cm³/mol. The largest absolute Gasteiger partial charge is 0.506 e. The van der Waals surface area contributed by atoms with Crippen molar-refractivity contribution in [1.82, 2.24) is 19.8 Å². The van der Waals surface area contributed by atoms with E-state index in [0.717, 1.165) is 32.2 Å². The van der Waals surface area contributed by atoms with E-state index in [-0.39, 0.29) is 29.5 Å². The Hall–Kier alpha value is -2.45. The number of pyridine rings is 2. The first-order valence-electron chi connectivity index (χ1n) is 11.7. The van der Waals surface area contributed by atoms with Crippen molar-refractivity contribution in [2.24, 2.45) is 5.92 Å². The van der Waals surface area contributed by atoms with Crippen molar-refractivity contribution in [2.45, 2.75) is 71.2 Å². The van der Waals surface area contributed by atoms with Crippen LogP contribution in [0, 0.1) is 5.92 Å². The zero-order valence-electron chi connectivity index (χ0n) is 19.2. The second-order valence-electron chi connectivity index (χ2n) is 9.34. The summed E-state index contributed by atoms with van der Waals surface area (Å²) in [5.41, 5.74) is -0.288. The number of carbonyl (C=O) groups is 1. The minimum absolute atomic E-state index is 0.0335. The van der Waals surface area contributed by atoms with Gasteiger partial charge in [-0.1, -0.05) is 6.92 Å². The van der Waals surface area contributed by atoms with Gasteiger partial charge in [-0.05, 0) is 57.6 Å². The van der Waals surface area contributed by atoms with E-state index < -0.39 is 11.5 Å². The lowest BCUT2D eigenvalue weighted by molar-refractivity contribution is -0.0559. The lowest BCUT2D eigenvalue weighted by atomic mass is 9.87. The van der Waals surface area contributed by atoms with E-state index in [9.17, 15) is 14.7 Å². The third kappa shape index (κ3) is 4.52. The van der Waals surface area contributed by atoms with Crippen LogP contribution in [0.4, 0.5) is 0 Å². The summed E-state index contributed by atoms with van der Waals surface area (Å²) in [7, 11) is 0. The predicted octanol–water partition coefficient (Wildman–Crippen LogP) is 2.52. The molecule has 2 N–H and O–H groups in total. The van der Waals surface area contributed by atoms with Gasteiger partial charge in [-0.15, -0.1) is 0 Å². The lowest BCUT2D eigenvalue weighted by Crippen LogP contribution is -2.50. The summed E-state index contributed by atoms with van der Waals surface area (Å²) in [6.07, 6.45) is 5.61. The van der Waals surface area contributed by atoms with Gasteiger partial charge in [-0.3, -0.25) is 19.1 Å². The zero-order valence-corrected chi connectivity index (χ0v) is 19.2. The van der Waals surface area contributed by atoms with Crippen LogP contribution in [-0.4, -0.2) is 63.3 Å². The van der Waals surface area contributed by atoms with Gasteiger partial charge in [-0.25, -0.2) is 4.98 Å². The number of carbonyl (C=O) groups excluding carboxylic acids is 1. The van der Waals surface area contributed by atoms with E-state index in [0.29, 0.717) is 36.6 Å². The molecule has 174 valence electrons. The number of hydrogen-bond donors (Lipinski definition) is 2. The summed E-state index contributed by atoms with van der Waals surface area (Å²) >= 11 is 0. The van der Waals surface area contributed by atoms with E-state index in [1.165, 1.54) is 4.57 Å². The van der Waals surface area contributed by atoms with Crippen LogP contribution in [0.5, 0.6) is 5.75 Å². The fraction of sp³-hybridized carbons (Fsp3) is 0.625. The summed E-state index contributed by atoms with van der Waals surface area (Å²) < 4.78 is 7.23. The molecule has 2 atom stereocenters. The average molecular weight is 443 g/mol. The highest BCUT2D eigenvalue weighted by Gasteiger charge is 2.28. The molecule has 1 amide bonds. The molecule has 0 bridgehead atoms. The molecule has 2 fully saturated rings. The van der Waals surface area contributed by atoms with Crippen LogP contribution >= 0.6 is 0 Å². The summed E-state index contributed by atoms with van der Waals surface area (Å²) in [5, 5.41) is 14.3. The number of aromatic hydroxyl groups is 1. The van der Waals surface area contributed by atoms with Crippen LogP contribution in [0.3, 0.4) is 0 Å². The van der Waals surface area contributed by atoms with Crippen LogP contribution in [0.1, 0.15) is 56.8 Å². The topological polar surface area (TPSA) is 96.7 Å². The van der Waals surface area contributed by atoms with Crippen LogP contribution in [-0.2, 0) is 11.3 Å². The number of aromatic nitrogens is 2. The molecule has 32 heavy (non-hydrogen) atoms. The highest BCUT2D eigenvalue weighted by molar-refractivity contribution is 6.01. The molecule has 8 nitrogen and oxygen atoms in total. The van der Waals surface area contributed by atoms with Crippen molar-refractivity contribution in [3.05, 3.63) is 34.2 Å². The van der Waals surface area contributed by atoms with Crippen molar-refractivity contribution >= 4 is 16.9 Å². The lowest BCUT2D eigenvalue weighted by Gasteiger charge is -2.37. The normalized spacial score (nSPS) is 26.8. The number of morpholine rings is 1. The Kier molecular flexibility index (Phi) is 6.81. The van der Waals surface area contributed by atoms with Crippen molar-refractivity contribution in [1.29, 1.82) is 0 Å². The van der Waals surface area contributed by atoms with Gasteiger partial charge in [-0.2, -0.15) is 0 Å². The van der Waals surface area contributed by atoms with Gasteiger partial charge < -0.3 is 15.2 Å². The first-order chi connectivity index (χ1) is 15.4. The highest BCUT2D eigenvalue weighted by atomic mass is 16.5. The Morgan fingerprint density at radius 2 is 1.97 bits per heavy atom. The molecule has 2 aromatic rings. The van der Waals surface area contributed by atoms with Gasteiger partial charge in [0.2, 0.25) is 0 Å². The molecule has 0 spiro atoms. The maximum absolute atomic E-state index is 13.4. The number of rotatable bonds is 5. The third-order valence-electron chi connectivity index (χ3n) is 7.20. The summed E-state index contributed by atoms with van der Waals surface area (Å²) in [6.45, 7) is 8.84. The van der Waals surface area contributed by atoms with Gasteiger partial charge in [0, 0.05) is 37.9 Å². The SMILES string of the molecule is CC1CCC(NC(=O)c2c(O)c3cccnc3n(CCN3CCO[C@@H](C)[C@H]3C)c2=O)CC1. The monoisotopic (exact) mass is 442 g/mol. The standard InChI is InChI=1S/C24H34N4O4/c1-15-6-8-18(9-7-15)26-23(30)20-21(29)19-5-4-10-25-22(19)28(24(20)31)12-11-27-13-14-32-17(3)16(27)2/h4-5,10,15-18,29H,6-9,11-14H2,1-3H3,(H,26,30)/t15?,16-,17+,18?/m1/s1. The zero-order chi connectivity index (χ0) is 22.8. The molecule has 1 saturated heterocycles. The van der Waals surface area contributed by atoms with Gasteiger partial charge in [0.1, 0.15) is 17.0 Å². The maximum atomic E-state index is 13.4.